The number of rotatable bonds is 4. The van der Waals surface area contributed by atoms with Crippen LogP contribution in [0.5, 0.6) is 0 Å². The first-order valence-corrected chi connectivity index (χ1v) is 9.22. The number of thioether (sulfide) groups is 1. The minimum absolute atomic E-state index is 0.0522. The molecule has 0 atom stereocenters. The Hall–Kier alpha value is -2.57. The maximum atomic E-state index is 8.93. The van der Waals surface area contributed by atoms with Crippen molar-refractivity contribution in [1.29, 1.82) is 10.5 Å². The van der Waals surface area contributed by atoms with Gasteiger partial charge in [-0.25, -0.2) is 4.98 Å². The van der Waals surface area contributed by atoms with Crippen molar-refractivity contribution >= 4 is 49.8 Å². The molecule has 6 heteroatoms. The second-order valence-electron chi connectivity index (χ2n) is 4.89. The Kier molecular flexibility index (Phi) is 5.53. The number of halogens is 1. The van der Waals surface area contributed by atoms with Crippen molar-refractivity contribution < 1.29 is 0 Å². The van der Waals surface area contributed by atoms with E-state index in [1.807, 2.05) is 60.7 Å². The molecule has 120 valence electrons. The zero-order valence-electron chi connectivity index (χ0n) is 12.8. The van der Waals surface area contributed by atoms with Crippen LogP contribution in [0.2, 0.25) is 5.02 Å². The number of fused-ring (bicyclic) bond motifs is 1. The van der Waals surface area contributed by atoms with E-state index in [1.54, 1.807) is 17.4 Å². The zero-order valence-corrected chi connectivity index (χ0v) is 15.2. The Balaban J connectivity index is 2.00. The van der Waals surface area contributed by atoms with E-state index < -0.39 is 0 Å². The predicted octanol–water partition coefficient (Wildman–Crippen LogP) is 6.06. The van der Waals surface area contributed by atoms with E-state index in [0.717, 1.165) is 25.0 Å². The fourth-order valence-electron chi connectivity index (χ4n) is 2.05. The molecule has 1 aromatic heterocycles. The number of hydrogen-bond donors (Lipinski definition) is 0. The van der Waals surface area contributed by atoms with Crippen molar-refractivity contribution in [2.75, 3.05) is 0 Å². The number of benzene rings is 2. The second-order valence-corrected chi connectivity index (χ2v) is 7.65. The SMILES string of the molecule is N#CC(C#N)=CC=C(Sc1nc2ccccc2s1)c1ccc(Cl)cc1. The van der Waals surface area contributed by atoms with Crippen LogP contribution >= 0.6 is 34.7 Å². The van der Waals surface area contributed by atoms with Gasteiger partial charge in [0.25, 0.3) is 0 Å². The Morgan fingerprint density at radius 1 is 1.04 bits per heavy atom. The van der Waals surface area contributed by atoms with Crippen LogP contribution in [0.4, 0.5) is 0 Å². The van der Waals surface area contributed by atoms with E-state index in [1.165, 1.54) is 17.8 Å². The van der Waals surface area contributed by atoms with Crippen LogP contribution in [0.15, 0.2) is 70.6 Å². The summed E-state index contributed by atoms with van der Waals surface area (Å²) in [4.78, 5) is 5.51. The minimum atomic E-state index is 0.0522. The van der Waals surface area contributed by atoms with E-state index in [4.69, 9.17) is 22.1 Å². The number of nitrogens with zero attached hydrogens (tertiary/aromatic N) is 3. The van der Waals surface area contributed by atoms with Gasteiger partial charge in [0, 0.05) is 9.93 Å². The molecule has 0 aliphatic rings. The molecule has 1 heterocycles. The summed E-state index contributed by atoms with van der Waals surface area (Å²) in [5.41, 5.74) is 1.95. The highest BCUT2D eigenvalue weighted by Gasteiger charge is 2.09. The lowest BCUT2D eigenvalue weighted by Crippen LogP contribution is -1.81. The monoisotopic (exact) mass is 379 g/mol. The number of hydrogen-bond acceptors (Lipinski definition) is 5. The summed E-state index contributed by atoms with van der Waals surface area (Å²) in [7, 11) is 0. The maximum absolute atomic E-state index is 8.93. The lowest BCUT2D eigenvalue weighted by molar-refractivity contribution is 1.31. The molecular formula is C19H10ClN3S2. The molecule has 0 bridgehead atoms. The molecule has 0 spiro atoms. The van der Waals surface area contributed by atoms with E-state index in [9.17, 15) is 0 Å². The van der Waals surface area contributed by atoms with E-state index >= 15 is 0 Å². The van der Waals surface area contributed by atoms with Gasteiger partial charge in [-0.15, -0.1) is 11.3 Å². The van der Waals surface area contributed by atoms with Crippen LogP contribution < -0.4 is 0 Å². The summed E-state index contributed by atoms with van der Waals surface area (Å²) in [6.07, 6.45) is 3.28. The van der Waals surface area contributed by atoms with Gasteiger partial charge in [0.1, 0.15) is 17.7 Å². The number of allylic oxidation sites excluding steroid dienone is 3. The first kappa shape index (κ1) is 17.3. The summed E-state index contributed by atoms with van der Waals surface area (Å²) in [6.45, 7) is 0. The molecule has 2 aromatic carbocycles. The Morgan fingerprint density at radius 3 is 2.44 bits per heavy atom. The van der Waals surface area contributed by atoms with Crippen LogP contribution in [0.1, 0.15) is 5.56 Å². The van der Waals surface area contributed by atoms with Gasteiger partial charge in [0.2, 0.25) is 0 Å². The smallest absolute Gasteiger partial charge is 0.155 e. The van der Waals surface area contributed by atoms with Gasteiger partial charge in [-0.2, -0.15) is 10.5 Å². The molecule has 3 rings (SSSR count). The topological polar surface area (TPSA) is 60.5 Å². The zero-order chi connectivity index (χ0) is 17.6. The Labute approximate surface area is 158 Å². The molecule has 0 saturated carbocycles. The van der Waals surface area contributed by atoms with Crippen molar-refractivity contribution in [2.45, 2.75) is 4.34 Å². The third-order valence-corrected chi connectivity index (χ3v) is 5.68. The second kappa shape index (κ2) is 8.00. The van der Waals surface area contributed by atoms with Crippen molar-refractivity contribution in [1.82, 2.24) is 4.98 Å². The minimum Gasteiger partial charge on any atom is -0.229 e. The molecule has 3 aromatic rings. The molecule has 3 nitrogen and oxygen atoms in total. The van der Waals surface area contributed by atoms with Gasteiger partial charge in [-0.3, -0.25) is 0 Å². The van der Waals surface area contributed by atoms with Crippen molar-refractivity contribution in [3.05, 3.63) is 76.8 Å². The van der Waals surface area contributed by atoms with Crippen LogP contribution in [-0.4, -0.2) is 4.98 Å². The molecule has 0 unspecified atom stereocenters. The first-order chi connectivity index (χ1) is 12.2. The summed E-state index contributed by atoms with van der Waals surface area (Å²) in [6, 6.07) is 19.1. The van der Waals surface area contributed by atoms with E-state index in [-0.39, 0.29) is 5.57 Å². The highest BCUT2D eigenvalue weighted by Crippen LogP contribution is 2.38. The van der Waals surface area contributed by atoms with Crippen molar-refractivity contribution in [3.63, 3.8) is 0 Å². The predicted molar refractivity (Wildman–Crippen MR) is 104 cm³/mol. The van der Waals surface area contributed by atoms with Gasteiger partial charge in [-0.05, 0) is 42.0 Å². The molecule has 0 N–H and O–H groups in total. The van der Waals surface area contributed by atoms with Crippen molar-refractivity contribution in [3.8, 4) is 12.1 Å². The largest absolute Gasteiger partial charge is 0.229 e. The quantitative estimate of drug-likeness (QED) is 0.314. The molecule has 0 saturated heterocycles. The molecule has 0 aliphatic carbocycles. The summed E-state index contributed by atoms with van der Waals surface area (Å²) in [5.74, 6) is 0. The lowest BCUT2D eigenvalue weighted by Gasteiger charge is -2.05. The van der Waals surface area contributed by atoms with Crippen LogP contribution in [0.3, 0.4) is 0 Å². The van der Waals surface area contributed by atoms with Gasteiger partial charge in [0.05, 0.1) is 10.2 Å². The summed E-state index contributed by atoms with van der Waals surface area (Å²) >= 11 is 9.07. The highest BCUT2D eigenvalue weighted by molar-refractivity contribution is 8.09. The van der Waals surface area contributed by atoms with Gasteiger partial charge in [0.15, 0.2) is 4.34 Å². The molecular weight excluding hydrogens is 370 g/mol. The normalized spacial score (nSPS) is 10.9. The van der Waals surface area contributed by atoms with Gasteiger partial charge >= 0.3 is 0 Å². The molecule has 0 amide bonds. The first-order valence-electron chi connectivity index (χ1n) is 7.21. The average Bonchev–Trinajstić information content (AvgIpc) is 3.04. The fourth-order valence-corrected chi connectivity index (χ4v) is 4.30. The van der Waals surface area contributed by atoms with Crippen LogP contribution in [0.25, 0.3) is 15.1 Å². The highest BCUT2D eigenvalue weighted by atomic mass is 35.5. The van der Waals surface area contributed by atoms with E-state index in [0.29, 0.717) is 5.02 Å². The third kappa shape index (κ3) is 4.29. The Bertz CT molecular complexity index is 1000. The number of para-hydroxylation sites is 1. The molecule has 25 heavy (non-hydrogen) atoms. The van der Waals surface area contributed by atoms with Gasteiger partial charge in [-0.1, -0.05) is 47.6 Å². The average molecular weight is 380 g/mol. The fraction of sp³-hybridized carbons (Fsp3) is 0. The third-order valence-electron chi connectivity index (χ3n) is 3.24. The molecule has 0 fully saturated rings. The lowest BCUT2D eigenvalue weighted by atomic mass is 10.2. The number of nitriles is 2. The Morgan fingerprint density at radius 2 is 1.76 bits per heavy atom. The number of aromatic nitrogens is 1. The number of thiazole rings is 1. The summed E-state index contributed by atoms with van der Waals surface area (Å²) < 4.78 is 2.01. The maximum Gasteiger partial charge on any atom is 0.155 e. The standard InChI is InChI=1S/C19H10ClN3S2/c20-15-8-6-14(7-9-15)17(10-5-13(11-21)12-22)24-19-23-16-3-1-2-4-18(16)25-19/h1-10H. The van der Waals surface area contributed by atoms with E-state index in [2.05, 4.69) is 4.98 Å². The summed E-state index contributed by atoms with van der Waals surface area (Å²) in [5, 5.41) is 18.5. The van der Waals surface area contributed by atoms with Crippen LogP contribution in [-0.2, 0) is 0 Å². The van der Waals surface area contributed by atoms with Crippen LogP contribution in [0, 0.1) is 22.7 Å². The van der Waals surface area contributed by atoms with Crippen molar-refractivity contribution in [2.24, 2.45) is 0 Å². The molecule has 0 radical (unpaired) electrons. The van der Waals surface area contributed by atoms with Gasteiger partial charge < -0.3 is 0 Å². The molecule has 0 aliphatic heterocycles.